The fourth-order valence-corrected chi connectivity index (χ4v) is 5.28. The maximum Gasteiger partial charge on any atom is 0.420 e. The van der Waals surface area contributed by atoms with Crippen LogP contribution >= 0.6 is 0 Å². The summed E-state index contributed by atoms with van der Waals surface area (Å²) in [7, 11) is 0. The molecule has 0 atom stereocenters. The standard InChI is InChI=1S/C31H29F2N5O4/c1-16-26(17(2)42-37-16)19-12-22(31(40,20-8-10-24(32)34-14-20)21-9-11-25(33)35-15-21)27-23(13-19)38(28(36-27)18-6-7-18)29(39)41-30(3,4)5/h8-15,18,40H,6-7H2,1-5H3. The van der Waals surface area contributed by atoms with Gasteiger partial charge in [0.15, 0.2) is 0 Å². The molecule has 4 heterocycles. The summed E-state index contributed by atoms with van der Waals surface area (Å²) in [6, 6.07) is 8.56. The summed E-state index contributed by atoms with van der Waals surface area (Å²) in [5.74, 6) is -0.420. The van der Waals surface area contributed by atoms with Crippen molar-refractivity contribution >= 4 is 17.1 Å². The molecule has 0 aliphatic heterocycles. The van der Waals surface area contributed by atoms with E-state index < -0.39 is 29.2 Å². The number of aromatic nitrogens is 5. The van der Waals surface area contributed by atoms with E-state index in [0.717, 1.165) is 25.0 Å². The highest BCUT2D eigenvalue weighted by Gasteiger charge is 2.41. The Balaban J connectivity index is 1.74. The summed E-state index contributed by atoms with van der Waals surface area (Å²) in [4.78, 5) is 26.2. The molecule has 0 bridgehead atoms. The molecular weight excluding hydrogens is 544 g/mol. The van der Waals surface area contributed by atoms with Gasteiger partial charge in [-0.3, -0.25) is 0 Å². The van der Waals surface area contributed by atoms with Gasteiger partial charge in [0, 0.05) is 40.6 Å². The number of benzene rings is 1. The van der Waals surface area contributed by atoms with E-state index in [1.807, 2.05) is 0 Å². The zero-order valence-electron chi connectivity index (χ0n) is 23.8. The lowest BCUT2D eigenvalue weighted by molar-refractivity contribution is 0.0539. The molecule has 1 aromatic carbocycles. The summed E-state index contributed by atoms with van der Waals surface area (Å²) < 4.78 is 40.6. The molecule has 6 rings (SSSR count). The number of aliphatic hydroxyl groups is 1. The van der Waals surface area contributed by atoms with Crippen LogP contribution in [0.2, 0.25) is 0 Å². The Hall–Kier alpha value is -4.51. The van der Waals surface area contributed by atoms with Crippen molar-refractivity contribution in [3.63, 3.8) is 0 Å². The number of rotatable bonds is 5. The monoisotopic (exact) mass is 573 g/mol. The lowest BCUT2D eigenvalue weighted by Crippen LogP contribution is -2.30. The second-order valence-electron chi connectivity index (χ2n) is 11.6. The second kappa shape index (κ2) is 9.80. The van der Waals surface area contributed by atoms with Crippen molar-refractivity contribution in [3.05, 3.63) is 94.7 Å². The highest BCUT2D eigenvalue weighted by molar-refractivity contribution is 5.94. The second-order valence-corrected chi connectivity index (χ2v) is 11.6. The summed E-state index contributed by atoms with van der Waals surface area (Å²) in [5, 5.41) is 16.8. The van der Waals surface area contributed by atoms with Gasteiger partial charge in [-0.2, -0.15) is 8.78 Å². The van der Waals surface area contributed by atoms with E-state index in [9.17, 15) is 18.7 Å². The van der Waals surface area contributed by atoms with Gasteiger partial charge < -0.3 is 14.4 Å². The zero-order valence-corrected chi connectivity index (χ0v) is 23.8. The average Bonchev–Trinajstić information content (AvgIpc) is 3.62. The molecule has 11 heteroatoms. The molecule has 1 fully saturated rings. The van der Waals surface area contributed by atoms with E-state index in [0.29, 0.717) is 39.4 Å². The molecule has 9 nitrogen and oxygen atoms in total. The van der Waals surface area contributed by atoms with E-state index in [1.54, 1.807) is 46.8 Å². The van der Waals surface area contributed by atoms with Crippen molar-refractivity contribution in [3.8, 4) is 11.1 Å². The van der Waals surface area contributed by atoms with Crippen LogP contribution in [-0.2, 0) is 10.3 Å². The number of hydrogen-bond donors (Lipinski definition) is 1. The summed E-state index contributed by atoms with van der Waals surface area (Å²) in [6.07, 6.45) is 3.49. The van der Waals surface area contributed by atoms with Gasteiger partial charge in [-0.05, 0) is 89.4 Å². The van der Waals surface area contributed by atoms with Crippen molar-refractivity contribution in [2.24, 2.45) is 0 Å². The highest BCUT2D eigenvalue weighted by Crippen LogP contribution is 2.46. The number of aryl methyl sites for hydroxylation is 2. The smallest absolute Gasteiger partial charge is 0.420 e. The molecule has 0 amide bonds. The third-order valence-corrected chi connectivity index (χ3v) is 7.31. The minimum Gasteiger partial charge on any atom is -0.443 e. The first-order chi connectivity index (χ1) is 19.9. The zero-order chi connectivity index (χ0) is 30.0. The Morgan fingerprint density at radius 2 is 1.64 bits per heavy atom. The number of carbonyl (C=O) groups excluding carboxylic acids is 1. The number of hydrogen-bond acceptors (Lipinski definition) is 8. The molecule has 0 unspecified atom stereocenters. The first-order valence-corrected chi connectivity index (χ1v) is 13.6. The largest absolute Gasteiger partial charge is 0.443 e. The molecule has 1 aliphatic rings. The van der Waals surface area contributed by atoms with Crippen LogP contribution in [0.25, 0.3) is 22.2 Å². The quantitative estimate of drug-likeness (QED) is 0.243. The first kappa shape index (κ1) is 27.6. The lowest BCUT2D eigenvalue weighted by atomic mass is 9.80. The van der Waals surface area contributed by atoms with Gasteiger partial charge in [0.05, 0.1) is 16.7 Å². The van der Waals surface area contributed by atoms with E-state index in [1.165, 1.54) is 29.1 Å². The number of ether oxygens (including phenoxy) is 1. The number of halogens is 2. The number of imidazole rings is 1. The van der Waals surface area contributed by atoms with Crippen molar-refractivity contribution in [1.29, 1.82) is 0 Å². The third-order valence-electron chi connectivity index (χ3n) is 7.31. The van der Waals surface area contributed by atoms with Crippen molar-refractivity contribution < 1.29 is 27.9 Å². The predicted octanol–water partition coefficient (Wildman–Crippen LogP) is 6.32. The molecule has 0 saturated heterocycles. The van der Waals surface area contributed by atoms with E-state index in [2.05, 4.69) is 15.1 Å². The van der Waals surface area contributed by atoms with E-state index in [4.69, 9.17) is 14.2 Å². The number of carbonyl (C=O) groups is 1. The van der Waals surface area contributed by atoms with E-state index in [-0.39, 0.29) is 22.6 Å². The molecule has 1 saturated carbocycles. The van der Waals surface area contributed by atoms with Gasteiger partial charge in [0.25, 0.3) is 0 Å². The van der Waals surface area contributed by atoms with Gasteiger partial charge in [0.2, 0.25) is 11.9 Å². The van der Waals surface area contributed by atoms with Crippen LogP contribution < -0.4 is 0 Å². The Bertz CT molecular complexity index is 1750. The maximum absolute atomic E-state index is 14.0. The van der Waals surface area contributed by atoms with Crippen LogP contribution in [0.5, 0.6) is 0 Å². The molecular formula is C31H29F2N5O4. The van der Waals surface area contributed by atoms with Crippen LogP contribution in [0.15, 0.2) is 53.3 Å². The Morgan fingerprint density at radius 1 is 1.02 bits per heavy atom. The van der Waals surface area contributed by atoms with Gasteiger partial charge in [0.1, 0.15) is 22.8 Å². The third kappa shape index (κ3) is 4.73. The Kier molecular flexibility index (Phi) is 6.45. The molecule has 1 N–H and O–H groups in total. The maximum atomic E-state index is 14.0. The number of fused-ring (bicyclic) bond motifs is 1. The predicted molar refractivity (Wildman–Crippen MR) is 149 cm³/mol. The molecule has 4 aromatic heterocycles. The fraction of sp³-hybridized carbons (Fsp3) is 0.323. The SMILES string of the molecule is Cc1noc(C)c1-c1cc(C(O)(c2ccc(F)nc2)c2ccc(F)nc2)c2nc(C3CC3)n(C(=O)OC(C)(C)C)c2c1. The molecule has 1 aliphatic carbocycles. The van der Waals surface area contributed by atoms with Crippen LogP contribution in [0.4, 0.5) is 13.6 Å². The first-order valence-electron chi connectivity index (χ1n) is 13.6. The number of pyridine rings is 2. The van der Waals surface area contributed by atoms with Crippen molar-refractivity contribution in [2.45, 2.75) is 64.6 Å². The summed E-state index contributed by atoms with van der Waals surface area (Å²) >= 11 is 0. The fourth-order valence-electron chi connectivity index (χ4n) is 5.28. The molecule has 42 heavy (non-hydrogen) atoms. The van der Waals surface area contributed by atoms with Crippen molar-refractivity contribution in [2.75, 3.05) is 0 Å². The molecule has 0 radical (unpaired) electrons. The number of nitrogens with zero attached hydrogens (tertiary/aromatic N) is 5. The van der Waals surface area contributed by atoms with Gasteiger partial charge in [-0.1, -0.05) is 5.16 Å². The molecule has 0 spiro atoms. The minimum atomic E-state index is -2.04. The van der Waals surface area contributed by atoms with Gasteiger partial charge in [-0.25, -0.2) is 24.3 Å². The van der Waals surface area contributed by atoms with Crippen molar-refractivity contribution in [1.82, 2.24) is 24.7 Å². The highest BCUT2D eigenvalue weighted by atomic mass is 19.1. The Morgan fingerprint density at radius 3 is 2.12 bits per heavy atom. The Labute approximate surface area is 240 Å². The van der Waals surface area contributed by atoms with Crippen LogP contribution in [0.1, 0.15) is 73.5 Å². The van der Waals surface area contributed by atoms with Crippen LogP contribution in [0, 0.1) is 25.7 Å². The average molecular weight is 574 g/mol. The topological polar surface area (TPSA) is 116 Å². The van der Waals surface area contributed by atoms with Gasteiger partial charge >= 0.3 is 6.09 Å². The van der Waals surface area contributed by atoms with Crippen LogP contribution in [-0.4, -0.2) is 41.5 Å². The lowest BCUT2D eigenvalue weighted by Gasteiger charge is -2.30. The molecule has 5 aromatic rings. The summed E-state index contributed by atoms with van der Waals surface area (Å²) in [6.45, 7) is 8.90. The van der Waals surface area contributed by atoms with E-state index >= 15 is 0 Å². The van der Waals surface area contributed by atoms with Crippen LogP contribution in [0.3, 0.4) is 0 Å². The molecule has 216 valence electrons. The normalized spacial score (nSPS) is 14.0. The minimum absolute atomic E-state index is 0.0216. The summed E-state index contributed by atoms with van der Waals surface area (Å²) in [5.41, 5.74) is 0.365. The van der Waals surface area contributed by atoms with Gasteiger partial charge in [-0.15, -0.1) is 0 Å².